The largest absolute Gasteiger partial charge is 0.491 e. The molecule has 0 saturated carbocycles. The highest BCUT2D eigenvalue weighted by Gasteiger charge is 2.08. The zero-order chi connectivity index (χ0) is 13.4. The number of nitrogens with one attached hydrogen (secondary N) is 1. The minimum Gasteiger partial charge on any atom is -0.491 e. The summed E-state index contributed by atoms with van der Waals surface area (Å²) < 4.78 is 5.60. The lowest BCUT2D eigenvalue weighted by atomic mass is 10.1. The topological polar surface area (TPSA) is 34.1 Å². The van der Waals surface area contributed by atoms with E-state index in [9.17, 15) is 0 Å². The Labute approximate surface area is 115 Å². The van der Waals surface area contributed by atoms with Gasteiger partial charge in [-0.25, -0.2) is 0 Å². The molecule has 0 radical (unpaired) electrons. The lowest BCUT2D eigenvalue weighted by Crippen LogP contribution is -2.35. The fourth-order valence-corrected chi connectivity index (χ4v) is 1.81. The number of pyridine rings is 1. The second-order valence-electron chi connectivity index (χ2n) is 5.13. The van der Waals surface area contributed by atoms with Crippen molar-refractivity contribution in [2.45, 2.75) is 39.8 Å². The van der Waals surface area contributed by atoms with Crippen molar-refractivity contribution in [2.24, 2.45) is 0 Å². The first-order chi connectivity index (χ1) is 8.51. The van der Waals surface area contributed by atoms with Crippen LogP contribution in [0.4, 0.5) is 0 Å². The van der Waals surface area contributed by atoms with Crippen LogP contribution in [0.1, 0.15) is 33.4 Å². The summed E-state index contributed by atoms with van der Waals surface area (Å²) in [7, 11) is 0. The summed E-state index contributed by atoms with van der Waals surface area (Å²) >= 11 is 1.89. The molecule has 1 N–H and O–H groups in total. The van der Waals surface area contributed by atoms with E-state index in [1.165, 1.54) is 0 Å². The quantitative estimate of drug-likeness (QED) is 0.771. The van der Waals surface area contributed by atoms with E-state index < -0.39 is 0 Å². The number of hydrogen-bond acceptors (Lipinski definition) is 4. The predicted octanol–water partition coefficient (Wildman–Crippen LogP) is 3.10. The molecule has 1 aromatic rings. The molecule has 1 aromatic heterocycles. The van der Waals surface area contributed by atoms with Gasteiger partial charge in [-0.1, -0.05) is 6.92 Å². The van der Waals surface area contributed by atoms with Crippen LogP contribution in [0, 0.1) is 0 Å². The number of ether oxygens (including phenoxy) is 1. The molecule has 0 saturated heterocycles. The highest BCUT2D eigenvalue weighted by Crippen LogP contribution is 2.11. The van der Waals surface area contributed by atoms with Gasteiger partial charge in [0.2, 0.25) is 0 Å². The van der Waals surface area contributed by atoms with Crippen LogP contribution in [0.15, 0.2) is 18.3 Å². The van der Waals surface area contributed by atoms with Gasteiger partial charge in [-0.2, -0.15) is 11.8 Å². The summed E-state index contributed by atoms with van der Waals surface area (Å²) in [6.07, 6.45) is 1.80. The maximum Gasteiger partial charge on any atom is 0.137 e. The van der Waals surface area contributed by atoms with Gasteiger partial charge >= 0.3 is 0 Å². The molecule has 0 aliphatic carbocycles. The van der Waals surface area contributed by atoms with E-state index >= 15 is 0 Å². The fraction of sp³-hybridized carbons (Fsp3) is 0.643. The van der Waals surface area contributed by atoms with Gasteiger partial charge in [0, 0.05) is 17.8 Å². The van der Waals surface area contributed by atoms with E-state index in [0.29, 0.717) is 0 Å². The molecule has 0 spiro atoms. The van der Waals surface area contributed by atoms with Crippen molar-refractivity contribution in [3.8, 4) is 5.75 Å². The third-order valence-electron chi connectivity index (χ3n) is 2.30. The molecule has 0 aromatic carbocycles. The summed E-state index contributed by atoms with van der Waals surface area (Å²) in [6, 6.07) is 4.00. The summed E-state index contributed by atoms with van der Waals surface area (Å²) in [5.74, 6) is 3.02. The van der Waals surface area contributed by atoms with Gasteiger partial charge in [0.25, 0.3) is 0 Å². The monoisotopic (exact) mass is 268 g/mol. The van der Waals surface area contributed by atoms with E-state index in [1.54, 1.807) is 6.20 Å². The van der Waals surface area contributed by atoms with Crippen molar-refractivity contribution in [3.05, 3.63) is 24.0 Å². The molecule has 0 aliphatic rings. The van der Waals surface area contributed by atoms with Crippen LogP contribution in [-0.2, 0) is 6.54 Å². The molecule has 0 bridgehead atoms. The average Bonchev–Trinajstić information content (AvgIpc) is 2.33. The Kier molecular flexibility index (Phi) is 6.50. The molecule has 102 valence electrons. The molecule has 1 rings (SSSR count). The number of rotatable bonds is 7. The second-order valence-corrected chi connectivity index (χ2v) is 6.53. The predicted molar refractivity (Wildman–Crippen MR) is 79.3 cm³/mol. The smallest absolute Gasteiger partial charge is 0.137 e. The zero-order valence-electron chi connectivity index (χ0n) is 11.8. The van der Waals surface area contributed by atoms with Crippen molar-refractivity contribution in [3.63, 3.8) is 0 Å². The number of aromatic nitrogens is 1. The standard InChI is InChI=1S/C14H24N2OS/c1-5-18-9-8-17-13-7-6-12(15-11-13)10-16-14(2,3)4/h6-7,11,16H,5,8-10H2,1-4H3. The molecule has 0 aliphatic heterocycles. The number of nitrogens with zero attached hydrogens (tertiary/aromatic N) is 1. The fourth-order valence-electron chi connectivity index (χ4n) is 1.32. The van der Waals surface area contributed by atoms with E-state index in [4.69, 9.17) is 4.74 Å². The molecule has 4 heteroatoms. The Bertz CT molecular complexity index is 333. The second kappa shape index (κ2) is 7.64. The Morgan fingerprint density at radius 2 is 2.11 bits per heavy atom. The molecule has 1 heterocycles. The third-order valence-corrected chi connectivity index (χ3v) is 3.16. The average molecular weight is 268 g/mol. The van der Waals surface area contributed by atoms with Gasteiger partial charge in [-0.15, -0.1) is 0 Å². The summed E-state index contributed by atoms with van der Waals surface area (Å²) in [5.41, 5.74) is 1.16. The van der Waals surface area contributed by atoms with Crippen LogP contribution in [0.5, 0.6) is 5.75 Å². The minimum absolute atomic E-state index is 0.119. The maximum atomic E-state index is 5.60. The van der Waals surface area contributed by atoms with Crippen LogP contribution in [0.25, 0.3) is 0 Å². The van der Waals surface area contributed by atoms with Crippen LogP contribution >= 0.6 is 11.8 Å². The van der Waals surface area contributed by atoms with Crippen LogP contribution in [-0.4, -0.2) is 28.6 Å². The van der Waals surface area contributed by atoms with Crippen LogP contribution in [0.3, 0.4) is 0 Å². The lowest BCUT2D eigenvalue weighted by Gasteiger charge is -2.20. The van der Waals surface area contributed by atoms with Crippen LogP contribution in [0.2, 0.25) is 0 Å². The summed E-state index contributed by atoms with van der Waals surface area (Å²) in [4.78, 5) is 4.39. The van der Waals surface area contributed by atoms with E-state index in [0.717, 1.165) is 36.1 Å². The van der Waals surface area contributed by atoms with E-state index in [1.807, 2.05) is 23.9 Å². The Morgan fingerprint density at radius 1 is 1.33 bits per heavy atom. The van der Waals surface area contributed by atoms with Crippen molar-refractivity contribution in [1.82, 2.24) is 10.3 Å². The molecular weight excluding hydrogens is 244 g/mol. The van der Waals surface area contributed by atoms with Crippen molar-refractivity contribution in [1.29, 1.82) is 0 Å². The zero-order valence-corrected chi connectivity index (χ0v) is 12.6. The number of thioether (sulfide) groups is 1. The van der Waals surface area contributed by atoms with E-state index in [2.05, 4.69) is 38.0 Å². The first kappa shape index (κ1) is 15.3. The van der Waals surface area contributed by atoms with Crippen molar-refractivity contribution < 1.29 is 4.74 Å². The minimum atomic E-state index is 0.119. The Hall–Kier alpha value is -0.740. The summed E-state index contributed by atoms with van der Waals surface area (Å²) in [6.45, 7) is 10.1. The van der Waals surface area contributed by atoms with E-state index in [-0.39, 0.29) is 5.54 Å². The first-order valence-corrected chi connectivity index (χ1v) is 7.57. The third kappa shape index (κ3) is 6.87. The first-order valence-electron chi connectivity index (χ1n) is 6.42. The van der Waals surface area contributed by atoms with Gasteiger partial charge in [-0.05, 0) is 38.7 Å². The normalized spacial score (nSPS) is 11.6. The Morgan fingerprint density at radius 3 is 2.67 bits per heavy atom. The van der Waals surface area contributed by atoms with Gasteiger partial charge in [0.05, 0.1) is 18.5 Å². The van der Waals surface area contributed by atoms with Gasteiger partial charge in [0.1, 0.15) is 5.75 Å². The van der Waals surface area contributed by atoms with Gasteiger partial charge in [-0.3, -0.25) is 4.98 Å². The van der Waals surface area contributed by atoms with Crippen molar-refractivity contribution in [2.75, 3.05) is 18.1 Å². The highest BCUT2D eigenvalue weighted by molar-refractivity contribution is 7.99. The Balaban J connectivity index is 2.33. The van der Waals surface area contributed by atoms with Crippen molar-refractivity contribution >= 4 is 11.8 Å². The van der Waals surface area contributed by atoms with Gasteiger partial charge in [0.15, 0.2) is 0 Å². The number of hydrogen-bond donors (Lipinski definition) is 1. The lowest BCUT2D eigenvalue weighted by molar-refractivity contribution is 0.342. The molecule has 3 nitrogen and oxygen atoms in total. The molecule has 0 amide bonds. The molecule has 0 unspecified atom stereocenters. The highest BCUT2D eigenvalue weighted by atomic mass is 32.2. The molecule has 18 heavy (non-hydrogen) atoms. The maximum absolute atomic E-state index is 5.60. The van der Waals surface area contributed by atoms with Crippen LogP contribution < -0.4 is 10.1 Å². The molecule has 0 fully saturated rings. The SMILES string of the molecule is CCSCCOc1ccc(CNC(C)(C)C)nc1. The summed E-state index contributed by atoms with van der Waals surface area (Å²) in [5, 5.41) is 3.41. The van der Waals surface area contributed by atoms with Gasteiger partial charge < -0.3 is 10.1 Å². The molecular formula is C14H24N2OS. The molecule has 0 atom stereocenters.